The highest BCUT2D eigenvalue weighted by Crippen LogP contribution is 2.23. The number of thioether (sulfide) groups is 1. The third-order valence-corrected chi connectivity index (χ3v) is 3.57. The summed E-state index contributed by atoms with van der Waals surface area (Å²) in [5.74, 6) is -1.73. The van der Waals surface area contributed by atoms with Gasteiger partial charge in [-0.2, -0.15) is 5.10 Å². The molecule has 0 bridgehead atoms. The van der Waals surface area contributed by atoms with Crippen molar-refractivity contribution in [2.45, 2.75) is 11.7 Å². The molecule has 8 nitrogen and oxygen atoms in total. The number of hydrogen-bond acceptors (Lipinski definition) is 7. The van der Waals surface area contributed by atoms with Crippen LogP contribution >= 0.6 is 11.8 Å². The third-order valence-electron chi connectivity index (χ3n) is 2.50. The molecule has 0 aromatic heterocycles. The average Bonchev–Trinajstić information content (AvgIpc) is 2.72. The normalized spacial score (nSPS) is 20.1. The van der Waals surface area contributed by atoms with Gasteiger partial charge in [-0.1, -0.05) is 11.8 Å². The first kappa shape index (κ1) is 14.9. The molecule has 1 aliphatic rings. The van der Waals surface area contributed by atoms with Gasteiger partial charge in [0.05, 0.1) is 12.6 Å². The van der Waals surface area contributed by atoms with E-state index in [4.69, 9.17) is 10.2 Å². The van der Waals surface area contributed by atoms with E-state index in [2.05, 4.69) is 15.5 Å². The van der Waals surface area contributed by atoms with E-state index in [0.717, 1.165) is 17.8 Å². The molecule has 1 aromatic rings. The van der Waals surface area contributed by atoms with Crippen molar-refractivity contribution >= 4 is 35.0 Å². The van der Waals surface area contributed by atoms with Crippen molar-refractivity contribution < 1.29 is 24.9 Å². The SMILES string of the molecule is O=C(O)C[C@H]1S/C(=N\N=C\c2ccc(O)cc2O)NC1=O. The molecule has 1 atom stereocenters. The van der Waals surface area contributed by atoms with Crippen LogP contribution in [0.25, 0.3) is 0 Å². The molecule has 4 N–H and O–H groups in total. The number of carbonyl (C=O) groups is 2. The predicted octanol–water partition coefficient (Wildman–Crippen LogP) is 0.494. The van der Waals surface area contributed by atoms with Crippen molar-refractivity contribution in [1.82, 2.24) is 5.32 Å². The van der Waals surface area contributed by atoms with Gasteiger partial charge in [0.15, 0.2) is 5.17 Å². The van der Waals surface area contributed by atoms with Gasteiger partial charge in [-0.3, -0.25) is 9.59 Å². The zero-order valence-corrected chi connectivity index (χ0v) is 11.4. The Morgan fingerprint density at radius 1 is 1.43 bits per heavy atom. The summed E-state index contributed by atoms with van der Waals surface area (Å²) < 4.78 is 0. The number of nitrogens with zero attached hydrogens (tertiary/aromatic N) is 2. The van der Waals surface area contributed by atoms with Crippen LogP contribution < -0.4 is 5.32 Å². The number of amides is 1. The number of aliphatic carboxylic acids is 1. The molecular weight excluding hydrogens is 298 g/mol. The van der Waals surface area contributed by atoms with Gasteiger partial charge < -0.3 is 20.6 Å². The number of carboxylic acids is 1. The number of carbonyl (C=O) groups excluding carboxylic acids is 1. The molecule has 21 heavy (non-hydrogen) atoms. The van der Waals surface area contributed by atoms with Gasteiger partial charge in [0.25, 0.3) is 0 Å². The van der Waals surface area contributed by atoms with E-state index >= 15 is 0 Å². The highest BCUT2D eigenvalue weighted by Gasteiger charge is 2.32. The fraction of sp³-hybridized carbons (Fsp3) is 0.167. The summed E-state index contributed by atoms with van der Waals surface area (Å²) in [6.07, 6.45) is 0.955. The largest absolute Gasteiger partial charge is 0.508 e. The van der Waals surface area contributed by atoms with Crippen LogP contribution in [0.3, 0.4) is 0 Å². The van der Waals surface area contributed by atoms with Crippen molar-refractivity contribution in [2.75, 3.05) is 0 Å². The van der Waals surface area contributed by atoms with Gasteiger partial charge in [-0.05, 0) is 12.1 Å². The number of phenols is 2. The lowest BCUT2D eigenvalue weighted by molar-refractivity contribution is -0.138. The van der Waals surface area contributed by atoms with Gasteiger partial charge in [0, 0.05) is 11.6 Å². The van der Waals surface area contributed by atoms with E-state index in [0.29, 0.717) is 5.56 Å². The van der Waals surface area contributed by atoms with Crippen LogP contribution in [0.2, 0.25) is 0 Å². The lowest BCUT2D eigenvalue weighted by atomic mass is 10.2. The first-order valence-corrected chi connectivity index (χ1v) is 6.66. The van der Waals surface area contributed by atoms with Crippen molar-refractivity contribution in [3.63, 3.8) is 0 Å². The summed E-state index contributed by atoms with van der Waals surface area (Å²) in [6, 6.07) is 3.98. The Kier molecular flexibility index (Phi) is 4.43. The maximum atomic E-state index is 11.4. The molecule has 1 aromatic carbocycles. The molecule has 0 aliphatic carbocycles. The number of hydrogen-bond donors (Lipinski definition) is 4. The fourth-order valence-electron chi connectivity index (χ4n) is 1.53. The molecule has 110 valence electrons. The van der Waals surface area contributed by atoms with Gasteiger partial charge in [-0.25, -0.2) is 0 Å². The number of amidine groups is 1. The second-order valence-corrected chi connectivity index (χ2v) is 5.28. The number of carboxylic acid groups (broad SMARTS) is 1. The molecular formula is C12H11N3O5S. The van der Waals surface area contributed by atoms with Crippen LogP contribution in [0.5, 0.6) is 11.5 Å². The topological polar surface area (TPSA) is 132 Å². The molecule has 2 rings (SSSR count). The Bertz CT molecular complexity index is 644. The summed E-state index contributed by atoms with van der Waals surface area (Å²) in [5.41, 5.74) is 0.341. The van der Waals surface area contributed by atoms with E-state index in [1.807, 2.05) is 0 Å². The smallest absolute Gasteiger partial charge is 0.305 e. The van der Waals surface area contributed by atoms with Crippen molar-refractivity contribution in [2.24, 2.45) is 10.2 Å². The summed E-state index contributed by atoms with van der Waals surface area (Å²) >= 11 is 0.981. The lowest BCUT2D eigenvalue weighted by Crippen LogP contribution is -2.26. The first-order chi connectivity index (χ1) is 9.95. The van der Waals surface area contributed by atoms with Gasteiger partial charge >= 0.3 is 5.97 Å². The average molecular weight is 309 g/mol. The van der Waals surface area contributed by atoms with Crippen LogP contribution in [0, 0.1) is 0 Å². The van der Waals surface area contributed by atoms with E-state index in [-0.39, 0.29) is 23.1 Å². The fourth-order valence-corrected chi connectivity index (χ4v) is 2.45. The predicted molar refractivity (Wildman–Crippen MR) is 76.6 cm³/mol. The first-order valence-electron chi connectivity index (χ1n) is 5.78. The monoisotopic (exact) mass is 309 g/mol. The Balaban J connectivity index is 2.03. The second-order valence-electron chi connectivity index (χ2n) is 4.09. The van der Waals surface area contributed by atoms with E-state index < -0.39 is 17.1 Å². The van der Waals surface area contributed by atoms with Crippen LogP contribution in [-0.4, -0.2) is 43.8 Å². The lowest BCUT2D eigenvalue weighted by Gasteiger charge is -1.98. The molecule has 1 saturated heterocycles. The quantitative estimate of drug-likeness (QED) is 0.473. The summed E-state index contributed by atoms with van der Waals surface area (Å²) in [7, 11) is 0. The maximum absolute atomic E-state index is 11.4. The molecule has 1 amide bonds. The summed E-state index contributed by atoms with van der Waals surface area (Å²) in [5, 5.41) is 36.6. The second kappa shape index (κ2) is 6.27. The van der Waals surface area contributed by atoms with Crippen molar-refractivity contribution in [1.29, 1.82) is 0 Å². The van der Waals surface area contributed by atoms with Crippen molar-refractivity contribution in [3.8, 4) is 11.5 Å². The minimum atomic E-state index is -1.07. The van der Waals surface area contributed by atoms with Crippen molar-refractivity contribution in [3.05, 3.63) is 23.8 Å². The minimum Gasteiger partial charge on any atom is -0.508 e. The number of rotatable bonds is 4. The molecule has 1 heterocycles. The number of nitrogens with one attached hydrogen (secondary N) is 1. The molecule has 1 aliphatic heterocycles. The molecule has 0 saturated carbocycles. The number of phenolic OH excluding ortho intramolecular Hbond substituents is 2. The Morgan fingerprint density at radius 2 is 2.19 bits per heavy atom. The van der Waals surface area contributed by atoms with Crippen LogP contribution in [-0.2, 0) is 9.59 Å². The third kappa shape index (κ3) is 3.96. The van der Waals surface area contributed by atoms with Crippen LogP contribution in [0.1, 0.15) is 12.0 Å². The molecule has 0 radical (unpaired) electrons. The zero-order chi connectivity index (χ0) is 15.4. The molecule has 1 fully saturated rings. The zero-order valence-electron chi connectivity index (χ0n) is 10.6. The Morgan fingerprint density at radius 3 is 2.86 bits per heavy atom. The highest BCUT2D eigenvalue weighted by atomic mass is 32.2. The van der Waals surface area contributed by atoms with E-state index in [9.17, 15) is 14.7 Å². The standard InChI is InChI=1S/C12H11N3O5S/c16-7-2-1-6(8(17)3-7)5-13-15-12-14-11(20)9(21-12)4-10(18)19/h1-3,5,9,16-17H,4H2,(H,18,19)(H,14,15,20)/b13-5+/t9-/m1/s1. The number of benzene rings is 1. The van der Waals surface area contributed by atoms with Gasteiger partial charge in [-0.15, -0.1) is 5.10 Å². The molecule has 9 heteroatoms. The maximum Gasteiger partial charge on any atom is 0.305 e. The van der Waals surface area contributed by atoms with Gasteiger partial charge in [0.1, 0.15) is 16.7 Å². The van der Waals surface area contributed by atoms with Crippen LogP contribution in [0.15, 0.2) is 28.4 Å². The highest BCUT2D eigenvalue weighted by molar-refractivity contribution is 8.15. The number of aromatic hydroxyl groups is 2. The van der Waals surface area contributed by atoms with Crippen LogP contribution in [0.4, 0.5) is 0 Å². The Labute approximate surface area is 123 Å². The Hall–Kier alpha value is -2.55. The molecule has 0 unspecified atom stereocenters. The van der Waals surface area contributed by atoms with E-state index in [1.54, 1.807) is 0 Å². The molecule has 0 spiro atoms. The minimum absolute atomic E-state index is 0.0777. The van der Waals surface area contributed by atoms with E-state index in [1.165, 1.54) is 18.3 Å². The van der Waals surface area contributed by atoms with Gasteiger partial charge in [0.2, 0.25) is 5.91 Å². The summed E-state index contributed by atoms with van der Waals surface area (Å²) in [4.78, 5) is 22.0. The summed E-state index contributed by atoms with van der Waals surface area (Å²) in [6.45, 7) is 0.